The molecule has 0 aliphatic carbocycles. The van der Waals surface area contributed by atoms with Gasteiger partial charge in [-0.05, 0) is 31.1 Å². The Morgan fingerprint density at radius 3 is 2.76 bits per heavy atom. The Bertz CT molecular complexity index is 328. The van der Waals surface area contributed by atoms with E-state index in [0.29, 0.717) is 0 Å². The van der Waals surface area contributed by atoms with Crippen LogP contribution in [-0.2, 0) is 0 Å². The number of nitrogens with one attached hydrogen (secondary N) is 1. The van der Waals surface area contributed by atoms with Gasteiger partial charge in [-0.2, -0.15) is 0 Å². The Kier molecular flexibility index (Phi) is 7.01. The smallest absolute Gasteiger partial charge is 0.223 e. The molecule has 0 atom stereocenters. The maximum absolute atomic E-state index is 4.55. The fourth-order valence-corrected chi connectivity index (χ4v) is 2.39. The summed E-state index contributed by atoms with van der Waals surface area (Å²) in [7, 11) is 0. The number of aryl methyl sites for hydroxylation is 1. The summed E-state index contributed by atoms with van der Waals surface area (Å²) in [5, 5.41) is 4.35. The third kappa shape index (κ3) is 5.39. The maximum Gasteiger partial charge on any atom is 0.223 e. The van der Waals surface area contributed by atoms with Gasteiger partial charge < -0.3 is 5.32 Å². The van der Waals surface area contributed by atoms with E-state index >= 15 is 0 Å². The monoisotopic (exact) mass is 253 g/mol. The molecular formula is C13H23N3S. The second-order valence-electron chi connectivity index (χ2n) is 4.16. The van der Waals surface area contributed by atoms with Crippen molar-refractivity contribution in [2.24, 2.45) is 0 Å². The van der Waals surface area contributed by atoms with Crippen LogP contribution in [0.5, 0.6) is 0 Å². The first kappa shape index (κ1) is 14.3. The molecule has 0 spiro atoms. The molecule has 4 heteroatoms. The second-order valence-corrected chi connectivity index (χ2v) is 5.25. The minimum Gasteiger partial charge on any atom is -0.354 e. The third-order valence-corrected chi connectivity index (χ3v) is 3.62. The van der Waals surface area contributed by atoms with E-state index in [1.54, 1.807) is 0 Å². The molecule has 0 aromatic carbocycles. The number of hydrogen-bond donors (Lipinski definition) is 1. The zero-order chi connectivity index (χ0) is 12.5. The standard InChI is InChI=1S/C13H23N3S/c1-4-6-7-9-17-12-11(3)10-15-13(16-12)14-8-5-2/h10H,4-9H2,1-3H3,(H,14,15,16). The van der Waals surface area contributed by atoms with E-state index in [1.165, 1.54) is 24.8 Å². The van der Waals surface area contributed by atoms with Crippen molar-refractivity contribution in [3.63, 3.8) is 0 Å². The van der Waals surface area contributed by atoms with Gasteiger partial charge in [0, 0.05) is 12.7 Å². The lowest BCUT2D eigenvalue weighted by Crippen LogP contribution is -2.05. The lowest BCUT2D eigenvalue weighted by Gasteiger charge is -2.07. The van der Waals surface area contributed by atoms with Gasteiger partial charge in [-0.25, -0.2) is 9.97 Å². The molecule has 1 aromatic heterocycles. The Morgan fingerprint density at radius 2 is 2.06 bits per heavy atom. The zero-order valence-electron chi connectivity index (χ0n) is 11.1. The molecule has 0 aliphatic heterocycles. The van der Waals surface area contributed by atoms with Crippen LogP contribution >= 0.6 is 11.8 Å². The number of unbranched alkanes of at least 4 members (excludes halogenated alkanes) is 2. The molecule has 1 heterocycles. The molecule has 0 bridgehead atoms. The highest BCUT2D eigenvalue weighted by Gasteiger charge is 2.03. The predicted molar refractivity (Wildman–Crippen MR) is 75.8 cm³/mol. The first-order valence-electron chi connectivity index (χ1n) is 6.48. The van der Waals surface area contributed by atoms with Gasteiger partial charge in [0.15, 0.2) is 0 Å². The second kappa shape index (κ2) is 8.34. The van der Waals surface area contributed by atoms with Crippen LogP contribution in [0.3, 0.4) is 0 Å². The van der Waals surface area contributed by atoms with Gasteiger partial charge in [-0.15, -0.1) is 11.8 Å². The fourth-order valence-electron chi connectivity index (χ4n) is 1.42. The van der Waals surface area contributed by atoms with Crippen LogP contribution in [-0.4, -0.2) is 22.3 Å². The van der Waals surface area contributed by atoms with Crippen LogP contribution in [0.15, 0.2) is 11.2 Å². The summed E-state index contributed by atoms with van der Waals surface area (Å²) in [5.41, 5.74) is 1.17. The summed E-state index contributed by atoms with van der Waals surface area (Å²) in [6, 6.07) is 0. The van der Waals surface area contributed by atoms with Crippen molar-refractivity contribution >= 4 is 17.7 Å². The Balaban J connectivity index is 2.50. The summed E-state index contributed by atoms with van der Waals surface area (Å²) in [6.07, 6.45) is 6.84. The number of nitrogens with zero attached hydrogens (tertiary/aromatic N) is 2. The quantitative estimate of drug-likeness (QED) is 0.433. The Labute approximate surface area is 109 Å². The topological polar surface area (TPSA) is 37.8 Å². The van der Waals surface area contributed by atoms with Crippen LogP contribution in [0.1, 0.15) is 45.1 Å². The third-order valence-electron chi connectivity index (χ3n) is 2.45. The molecule has 0 aliphatic rings. The SMILES string of the molecule is CCCCCSc1nc(NCCC)ncc1C. The van der Waals surface area contributed by atoms with E-state index in [9.17, 15) is 0 Å². The number of anilines is 1. The van der Waals surface area contributed by atoms with Gasteiger partial charge in [0.1, 0.15) is 5.03 Å². The minimum absolute atomic E-state index is 0.760. The molecule has 0 fully saturated rings. The normalized spacial score (nSPS) is 10.5. The van der Waals surface area contributed by atoms with E-state index in [0.717, 1.165) is 29.7 Å². The summed E-state index contributed by atoms with van der Waals surface area (Å²) in [5.74, 6) is 1.91. The molecule has 1 aromatic rings. The lowest BCUT2D eigenvalue weighted by molar-refractivity contribution is 0.778. The van der Waals surface area contributed by atoms with Crippen LogP contribution in [0.25, 0.3) is 0 Å². The van der Waals surface area contributed by atoms with Gasteiger partial charge in [0.2, 0.25) is 5.95 Å². The van der Waals surface area contributed by atoms with Crippen molar-refractivity contribution in [2.75, 3.05) is 17.6 Å². The number of thioether (sulfide) groups is 1. The average molecular weight is 253 g/mol. The zero-order valence-corrected chi connectivity index (χ0v) is 11.9. The first-order valence-corrected chi connectivity index (χ1v) is 7.46. The summed E-state index contributed by atoms with van der Waals surface area (Å²) in [4.78, 5) is 8.83. The van der Waals surface area contributed by atoms with E-state index in [2.05, 4.69) is 36.1 Å². The molecule has 17 heavy (non-hydrogen) atoms. The van der Waals surface area contributed by atoms with E-state index in [1.807, 2.05) is 18.0 Å². The number of aromatic nitrogens is 2. The van der Waals surface area contributed by atoms with Crippen molar-refractivity contribution in [1.29, 1.82) is 0 Å². The van der Waals surface area contributed by atoms with Crippen LogP contribution < -0.4 is 5.32 Å². The van der Waals surface area contributed by atoms with E-state index in [-0.39, 0.29) is 0 Å². The molecular weight excluding hydrogens is 230 g/mol. The van der Waals surface area contributed by atoms with Crippen molar-refractivity contribution in [2.45, 2.75) is 51.5 Å². The molecule has 1 N–H and O–H groups in total. The molecule has 0 amide bonds. The van der Waals surface area contributed by atoms with Gasteiger partial charge in [0.05, 0.1) is 0 Å². The van der Waals surface area contributed by atoms with Crippen LogP contribution in [0.2, 0.25) is 0 Å². The minimum atomic E-state index is 0.760. The Morgan fingerprint density at radius 1 is 1.24 bits per heavy atom. The van der Waals surface area contributed by atoms with Gasteiger partial charge in [0.25, 0.3) is 0 Å². The summed E-state index contributed by atoms with van der Waals surface area (Å²) < 4.78 is 0. The summed E-state index contributed by atoms with van der Waals surface area (Å²) in [6.45, 7) is 7.38. The molecule has 1 rings (SSSR count). The van der Waals surface area contributed by atoms with Crippen molar-refractivity contribution < 1.29 is 0 Å². The largest absolute Gasteiger partial charge is 0.354 e. The highest BCUT2D eigenvalue weighted by Crippen LogP contribution is 2.21. The number of hydrogen-bond acceptors (Lipinski definition) is 4. The molecule has 0 saturated carbocycles. The van der Waals surface area contributed by atoms with Crippen LogP contribution in [0.4, 0.5) is 5.95 Å². The highest BCUT2D eigenvalue weighted by molar-refractivity contribution is 7.99. The van der Waals surface area contributed by atoms with E-state index in [4.69, 9.17) is 0 Å². The number of rotatable bonds is 8. The Hall–Kier alpha value is -0.770. The molecule has 0 saturated heterocycles. The van der Waals surface area contributed by atoms with Gasteiger partial charge in [-0.1, -0.05) is 26.7 Å². The van der Waals surface area contributed by atoms with Gasteiger partial charge >= 0.3 is 0 Å². The van der Waals surface area contributed by atoms with E-state index < -0.39 is 0 Å². The first-order chi connectivity index (χ1) is 8.27. The molecule has 3 nitrogen and oxygen atoms in total. The highest BCUT2D eigenvalue weighted by atomic mass is 32.2. The maximum atomic E-state index is 4.55. The van der Waals surface area contributed by atoms with Crippen LogP contribution in [0, 0.1) is 6.92 Å². The van der Waals surface area contributed by atoms with Crippen molar-refractivity contribution in [1.82, 2.24) is 9.97 Å². The molecule has 96 valence electrons. The fraction of sp³-hybridized carbons (Fsp3) is 0.692. The molecule has 0 unspecified atom stereocenters. The average Bonchev–Trinajstić information content (AvgIpc) is 2.35. The van der Waals surface area contributed by atoms with Crippen molar-refractivity contribution in [3.05, 3.63) is 11.8 Å². The molecule has 0 radical (unpaired) electrons. The predicted octanol–water partition coefficient (Wildman–Crippen LogP) is 3.89. The summed E-state index contributed by atoms with van der Waals surface area (Å²) >= 11 is 1.84. The van der Waals surface area contributed by atoms with Gasteiger partial charge in [-0.3, -0.25) is 0 Å². The van der Waals surface area contributed by atoms with Crippen molar-refractivity contribution in [3.8, 4) is 0 Å². The lowest BCUT2D eigenvalue weighted by atomic mass is 10.3.